The molecule has 0 heterocycles. The zero-order valence-corrected chi connectivity index (χ0v) is 14.4. The maximum absolute atomic E-state index is 2.45. The summed E-state index contributed by atoms with van der Waals surface area (Å²) in [6.45, 7) is 4.84. The molecule has 0 spiro atoms. The zero-order valence-electron chi connectivity index (χ0n) is 14.4. The monoisotopic (exact) mass is 312 g/mol. The third-order valence-corrected chi connectivity index (χ3v) is 6.04. The lowest BCUT2D eigenvalue weighted by molar-refractivity contribution is 0.382. The summed E-state index contributed by atoms with van der Waals surface area (Å²) >= 11 is 0. The van der Waals surface area contributed by atoms with Crippen LogP contribution in [0.15, 0.2) is 84.9 Å². The third kappa shape index (κ3) is 2.38. The Morgan fingerprint density at radius 3 is 2.08 bits per heavy atom. The number of hydrogen-bond acceptors (Lipinski definition) is 0. The Morgan fingerprint density at radius 1 is 0.792 bits per heavy atom. The molecule has 0 radical (unpaired) electrons. The van der Waals surface area contributed by atoms with Crippen LogP contribution in [0.3, 0.4) is 0 Å². The smallest absolute Gasteiger partial charge is 0.0101 e. The molecule has 1 aliphatic rings. The molecule has 0 amide bonds. The van der Waals surface area contributed by atoms with Crippen molar-refractivity contribution >= 4 is 0 Å². The van der Waals surface area contributed by atoms with E-state index in [1.165, 1.54) is 28.7 Å². The van der Waals surface area contributed by atoms with E-state index in [2.05, 4.69) is 98.8 Å². The fourth-order valence-electron chi connectivity index (χ4n) is 4.47. The van der Waals surface area contributed by atoms with Crippen molar-refractivity contribution in [3.63, 3.8) is 0 Å². The molecular weight excluding hydrogens is 288 g/mol. The number of rotatable bonds is 3. The van der Waals surface area contributed by atoms with Crippen LogP contribution in [0.5, 0.6) is 0 Å². The van der Waals surface area contributed by atoms with Crippen LogP contribution >= 0.6 is 0 Å². The van der Waals surface area contributed by atoms with Gasteiger partial charge in [0.15, 0.2) is 0 Å². The van der Waals surface area contributed by atoms with Gasteiger partial charge >= 0.3 is 0 Å². The van der Waals surface area contributed by atoms with Gasteiger partial charge in [-0.25, -0.2) is 0 Å². The summed E-state index contributed by atoms with van der Waals surface area (Å²) in [7, 11) is 0. The lowest BCUT2D eigenvalue weighted by Crippen LogP contribution is -2.26. The average Bonchev–Trinajstić information content (AvgIpc) is 2.97. The number of benzene rings is 3. The Morgan fingerprint density at radius 2 is 1.38 bits per heavy atom. The largest absolute Gasteiger partial charge is 0.0622 e. The summed E-state index contributed by atoms with van der Waals surface area (Å²) in [6.07, 6.45) is 1.17. The van der Waals surface area contributed by atoms with E-state index >= 15 is 0 Å². The van der Waals surface area contributed by atoms with Gasteiger partial charge in [-0.1, -0.05) is 98.8 Å². The molecule has 0 unspecified atom stereocenters. The molecule has 0 saturated carbocycles. The lowest BCUT2D eigenvalue weighted by Gasteiger charge is -2.33. The first kappa shape index (κ1) is 15.2. The zero-order chi connectivity index (χ0) is 16.6. The van der Waals surface area contributed by atoms with E-state index in [1.807, 2.05) is 0 Å². The van der Waals surface area contributed by atoms with E-state index < -0.39 is 0 Å². The minimum Gasteiger partial charge on any atom is -0.0622 e. The van der Waals surface area contributed by atoms with Crippen molar-refractivity contribution < 1.29 is 0 Å². The predicted octanol–water partition coefficient (Wildman–Crippen LogP) is 6.28. The molecule has 3 atom stereocenters. The second kappa shape index (κ2) is 5.94. The predicted molar refractivity (Wildman–Crippen MR) is 102 cm³/mol. The summed E-state index contributed by atoms with van der Waals surface area (Å²) in [5, 5.41) is 0. The summed E-state index contributed by atoms with van der Waals surface area (Å²) < 4.78 is 0. The highest BCUT2D eigenvalue weighted by atomic mass is 14.5. The molecule has 0 aliphatic heterocycles. The quantitative estimate of drug-likeness (QED) is 0.533. The molecule has 0 bridgehead atoms. The van der Waals surface area contributed by atoms with Crippen LogP contribution < -0.4 is 0 Å². The van der Waals surface area contributed by atoms with E-state index in [4.69, 9.17) is 0 Å². The molecule has 3 aromatic carbocycles. The van der Waals surface area contributed by atoms with Crippen LogP contribution in [0.4, 0.5) is 0 Å². The van der Waals surface area contributed by atoms with Gasteiger partial charge in [0.25, 0.3) is 0 Å². The van der Waals surface area contributed by atoms with Gasteiger partial charge in [-0.15, -0.1) is 0 Å². The molecular formula is C24H24. The van der Waals surface area contributed by atoms with Gasteiger partial charge < -0.3 is 0 Å². The second-order valence-corrected chi connectivity index (χ2v) is 7.30. The summed E-state index contributed by atoms with van der Waals surface area (Å²) in [5.41, 5.74) is 6.07. The maximum atomic E-state index is 2.45. The molecule has 120 valence electrons. The van der Waals surface area contributed by atoms with Gasteiger partial charge in [0.2, 0.25) is 0 Å². The first-order chi connectivity index (χ1) is 11.7. The SMILES string of the molecule is C[C@H](c1ccccc1)[C@]1(C)C[C@@H](c2ccccc2)c2ccccc21. The van der Waals surface area contributed by atoms with Gasteiger partial charge in [-0.2, -0.15) is 0 Å². The van der Waals surface area contributed by atoms with Crippen LogP contribution in [-0.2, 0) is 5.41 Å². The first-order valence-electron chi connectivity index (χ1n) is 8.89. The number of hydrogen-bond donors (Lipinski definition) is 0. The fourth-order valence-corrected chi connectivity index (χ4v) is 4.47. The maximum Gasteiger partial charge on any atom is 0.0101 e. The second-order valence-electron chi connectivity index (χ2n) is 7.30. The molecule has 0 aromatic heterocycles. The fraction of sp³-hybridized carbons (Fsp3) is 0.250. The molecule has 0 fully saturated rings. The Bertz CT molecular complexity index is 819. The van der Waals surface area contributed by atoms with Crippen molar-refractivity contribution in [1.29, 1.82) is 0 Å². The first-order valence-corrected chi connectivity index (χ1v) is 8.89. The van der Waals surface area contributed by atoms with Gasteiger partial charge in [0.1, 0.15) is 0 Å². The van der Waals surface area contributed by atoms with E-state index in [-0.39, 0.29) is 5.41 Å². The summed E-state index contributed by atoms with van der Waals surface area (Å²) in [5.74, 6) is 0.993. The minimum atomic E-state index is 0.165. The highest BCUT2D eigenvalue weighted by Gasteiger charge is 2.44. The van der Waals surface area contributed by atoms with Gasteiger partial charge in [0.05, 0.1) is 0 Å². The highest BCUT2D eigenvalue weighted by Crippen LogP contribution is 2.54. The van der Waals surface area contributed by atoms with Gasteiger partial charge in [-0.3, -0.25) is 0 Å². The highest BCUT2D eigenvalue weighted by molar-refractivity contribution is 5.49. The normalized spacial score (nSPS) is 23.7. The Kier molecular flexibility index (Phi) is 3.76. The van der Waals surface area contributed by atoms with Gasteiger partial charge in [0, 0.05) is 11.3 Å². The number of fused-ring (bicyclic) bond motifs is 1. The van der Waals surface area contributed by atoms with Gasteiger partial charge in [-0.05, 0) is 34.6 Å². The Labute approximate surface area is 145 Å². The molecule has 3 aromatic rings. The minimum absolute atomic E-state index is 0.165. The summed E-state index contributed by atoms with van der Waals surface area (Å²) in [6, 6.07) is 31.0. The average molecular weight is 312 g/mol. The molecule has 0 heteroatoms. The Balaban J connectivity index is 1.81. The van der Waals surface area contributed by atoms with Crippen molar-refractivity contribution in [3.05, 3.63) is 107 Å². The molecule has 0 nitrogen and oxygen atoms in total. The van der Waals surface area contributed by atoms with Crippen LogP contribution in [0, 0.1) is 0 Å². The standard InChI is InChI=1S/C24H24/c1-18(19-11-5-3-6-12-19)24(2)17-22(20-13-7-4-8-14-20)21-15-9-10-16-23(21)24/h3-16,18,22H,17H2,1-2H3/t18-,22+,24+/m1/s1. The Hall–Kier alpha value is -2.34. The molecule has 24 heavy (non-hydrogen) atoms. The van der Waals surface area contributed by atoms with Crippen LogP contribution in [0.1, 0.15) is 54.4 Å². The summed E-state index contributed by atoms with van der Waals surface area (Å²) in [4.78, 5) is 0. The molecule has 0 saturated heterocycles. The van der Waals surface area contributed by atoms with E-state index in [1.54, 1.807) is 0 Å². The topological polar surface area (TPSA) is 0 Å². The molecule has 4 rings (SSSR count). The van der Waals surface area contributed by atoms with Crippen molar-refractivity contribution in [3.8, 4) is 0 Å². The van der Waals surface area contributed by atoms with Crippen LogP contribution in [0.2, 0.25) is 0 Å². The lowest BCUT2D eigenvalue weighted by atomic mass is 9.70. The van der Waals surface area contributed by atoms with E-state index in [9.17, 15) is 0 Å². The molecule has 0 N–H and O–H groups in total. The van der Waals surface area contributed by atoms with E-state index in [0.29, 0.717) is 11.8 Å². The molecule has 1 aliphatic carbocycles. The van der Waals surface area contributed by atoms with Crippen LogP contribution in [-0.4, -0.2) is 0 Å². The van der Waals surface area contributed by atoms with E-state index in [0.717, 1.165) is 0 Å². The van der Waals surface area contributed by atoms with Crippen molar-refractivity contribution in [1.82, 2.24) is 0 Å². The van der Waals surface area contributed by atoms with Crippen molar-refractivity contribution in [2.45, 2.75) is 37.5 Å². The van der Waals surface area contributed by atoms with Crippen molar-refractivity contribution in [2.24, 2.45) is 0 Å². The van der Waals surface area contributed by atoms with Crippen molar-refractivity contribution in [2.75, 3.05) is 0 Å². The van der Waals surface area contributed by atoms with Crippen LogP contribution in [0.25, 0.3) is 0 Å². The third-order valence-electron chi connectivity index (χ3n) is 6.04.